The first-order valence-electron chi connectivity index (χ1n) is 12.3. The van der Waals surface area contributed by atoms with Crippen molar-refractivity contribution in [3.05, 3.63) is 89.5 Å². The van der Waals surface area contributed by atoms with Crippen molar-refractivity contribution in [1.29, 1.82) is 0 Å². The van der Waals surface area contributed by atoms with E-state index in [4.69, 9.17) is 9.47 Å². The molecule has 1 fully saturated rings. The number of benzene rings is 3. The molecule has 37 heavy (non-hydrogen) atoms. The Morgan fingerprint density at radius 1 is 0.973 bits per heavy atom. The highest BCUT2D eigenvalue weighted by Crippen LogP contribution is 2.43. The molecule has 1 atom stereocenters. The summed E-state index contributed by atoms with van der Waals surface area (Å²) in [5.41, 5.74) is 2.63. The van der Waals surface area contributed by atoms with E-state index in [1.807, 2.05) is 64.0 Å². The topological polar surface area (TPSA) is 79.3 Å². The first kappa shape index (κ1) is 25.8. The number of Topliss-reactive ketones (excluding diaryl/α,β-unsaturated/α-hetero) is 1. The van der Waals surface area contributed by atoms with Gasteiger partial charge in [0.2, 0.25) is 0 Å². The van der Waals surface area contributed by atoms with Crippen molar-refractivity contribution in [3.63, 3.8) is 0 Å². The van der Waals surface area contributed by atoms with Crippen LogP contribution in [0.2, 0.25) is 0 Å². The van der Waals surface area contributed by atoms with Gasteiger partial charge in [-0.25, -0.2) is 0 Å². The molecule has 3 aromatic rings. The zero-order valence-electron chi connectivity index (χ0n) is 21.8. The Morgan fingerprint density at radius 2 is 1.65 bits per heavy atom. The van der Waals surface area contributed by atoms with E-state index in [2.05, 4.69) is 0 Å². The Morgan fingerprint density at radius 3 is 2.24 bits per heavy atom. The second-order valence-corrected chi connectivity index (χ2v) is 9.28. The molecule has 1 unspecified atom stereocenters. The van der Waals surface area contributed by atoms with E-state index in [-0.39, 0.29) is 17.4 Å². The smallest absolute Gasteiger partial charge is 0.300 e. The lowest BCUT2D eigenvalue weighted by molar-refractivity contribution is -0.132. The van der Waals surface area contributed by atoms with E-state index in [0.717, 1.165) is 5.69 Å². The molecule has 0 saturated carbocycles. The molecule has 7 nitrogen and oxygen atoms in total. The summed E-state index contributed by atoms with van der Waals surface area (Å²) in [7, 11) is 3.88. The predicted octanol–water partition coefficient (Wildman–Crippen LogP) is 5.56. The van der Waals surface area contributed by atoms with Gasteiger partial charge in [-0.05, 0) is 74.9 Å². The molecular formula is C30H32N2O5. The molecular weight excluding hydrogens is 468 g/mol. The number of ether oxygens (including phenoxy) is 2. The van der Waals surface area contributed by atoms with Gasteiger partial charge in [0, 0.05) is 31.0 Å². The average molecular weight is 501 g/mol. The lowest BCUT2D eigenvalue weighted by atomic mass is 9.95. The van der Waals surface area contributed by atoms with E-state index in [1.54, 1.807) is 48.5 Å². The van der Waals surface area contributed by atoms with Crippen LogP contribution in [-0.2, 0) is 9.59 Å². The van der Waals surface area contributed by atoms with Gasteiger partial charge in [0.05, 0.1) is 24.3 Å². The van der Waals surface area contributed by atoms with Crippen LogP contribution in [0.1, 0.15) is 37.9 Å². The summed E-state index contributed by atoms with van der Waals surface area (Å²) in [4.78, 5) is 30.2. The lowest BCUT2D eigenvalue weighted by Gasteiger charge is -2.26. The highest BCUT2D eigenvalue weighted by atomic mass is 16.5. The number of carbonyl (C=O) groups is 2. The third-order valence-corrected chi connectivity index (χ3v) is 6.07. The first-order chi connectivity index (χ1) is 17.7. The molecule has 3 aromatic carbocycles. The van der Waals surface area contributed by atoms with Gasteiger partial charge in [-0.1, -0.05) is 24.3 Å². The number of aliphatic hydroxyl groups is 1. The molecule has 1 saturated heterocycles. The average Bonchev–Trinajstić information content (AvgIpc) is 3.14. The fraction of sp³-hybridized carbons (Fsp3) is 0.267. The number of anilines is 2. The number of carbonyl (C=O) groups excluding carboxylic acids is 2. The minimum absolute atomic E-state index is 0.00254. The fourth-order valence-corrected chi connectivity index (χ4v) is 4.38. The van der Waals surface area contributed by atoms with Crippen LogP contribution >= 0.6 is 0 Å². The van der Waals surface area contributed by atoms with Gasteiger partial charge < -0.3 is 19.5 Å². The minimum Gasteiger partial charge on any atom is -0.507 e. The summed E-state index contributed by atoms with van der Waals surface area (Å²) in [5, 5.41) is 11.4. The molecule has 192 valence electrons. The van der Waals surface area contributed by atoms with Crippen LogP contribution in [0, 0.1) is 0 Å². The Hall–Kier alpha value is -4.26. The van der Waals surface area contributed by atoms with Crippen LogP contribution < -0.4 is 19.3 Å². The third kappa shape index (κ3) is 5.31. The highest BCUT2D eigenvalue weighted by molar-refractivity contribution is 6.51. The van der Waals surface area contributed by atoms with E-state index >= 15 is 0 Å². The second kappa shape index (κ2) is 10.8. The van der Waals surface area contributed by atoms with Crippen molar-refractivity contribution >= 4 is 28.8 Å². The summed E-state index contributed by atoms with van der Waals surface area (Å²) < 4.78 is 11.3. The van der Waals surface area contributed by atoms with E-state index in [1.165, 1.54) is 4.90 Å². The maximum Gasteiger partial charge on any atom is 0.300 e. The first-order valence-corrected chi connectivity index (χ1v) is 12.3. The summed E-state index contributed by atoms with van der Waals surface area (Å²) >= 11 is 0. The largest absolute Gasteiger partial charge is 0.507 e. The number of rotatable bonds is 8. The van der Waals surface area contributed by atoms with Gasteiger partial charge in [0.1, 0.15) is 17.3 Å². The summed E-state index contributed by atoms with van der Waals surface area (Å²) in [5.74, 6) is -0.475. The molecule has 7 heteroatoms. The maximum atomic E-state index is 13.4. The van der Waals surface area contributed by atoms with E-state index in [9.17, 15) is 14.7 Å². The number of ketones is 1. The Balaban J connectivity index is 1.86. The van der Waals surface area contributed by atoms with Crippen LogP contribution in [0.25, 0.3) is 5.76 Å². The molecule has 0 aliphatic carbocycles. The quantitative estimate of drug-likeness (QED) is 0.248. The molecule has 4 rings (SSSR count). The van der Waals surface area contributed by atoms with Crippen LogP contribution in [-0.4, -0.2) is 43.6 Å². The SMILES string of the molecule is CCOc1cccc(/C(O)=C2/C(=O)C(=O)N(c3ccc(OC(C)C)cc3)C2c2ccc(N(C)C)cc2)c1. The van der Waals surface area contributed by atoms with Crippen molar-refractivity contribution in [3.8, 4) is 11.5 Å². The van der Waals surface area contributed by atoms with Gasteiger partial charge in [-0.15, -0.1) is 0 Å². The third-order valence-electron chi connectivity index (χ3n) is 6.07. The molecule has 0 bridgehead atoms. The van der Waals surface area contributed by atoms with Crippen LogP contribution in [0.4, 0.5) is 11.4 Å². The summed E-state index contributed by atoms with van der Waals surface area (Å²) in [6.45, 7) is 6.20. The van der Waals surface area contributed by atoms with Crippen molar-refractivity contribution in [2.75, 3.05) is 30.5 Å². The van der Waals surface area contributed by atoms with Gasteiger partial charge in [0.25, 0.3) is 11.7 Å². The van der Waals surface area contributed by atoms with Gasteiger partial charge >= 0.3 is 0 Å². The van der Waals surface area contributed by atoms with Crippen molar-refractivity contribution in [1.82, 2.24) is 0 Å². The molecule has 0 radical (unpaired) electrons. The van der Waals surface area contributed by atoms with Gasteiger partial charge in [-0.3, -0.25) is 14.5 Å². The Bertz CT molecular complexity index is 1310. The normalized spacial score (nSPS) is 16.8. The predicted molar refractivity (Wildman–Crippen MR) is 145 cm³/mol. The zero-order chi connectivity index (χ0) is 26.7. The number of nitrogens with zero attached hydrogens (tertiary/aromatic N) is 2. The lowest BCUT2D eigenvalue weighted by Crippen LogP contribution is -2.29. The summed E-state index contributed by atoms with van der Waals surface area (Å²) in [6.07, 6.45) is 0.00254. The number of amides is 1. The van der Waals surface area contributed by atoms with Crippen LogP contribution in [0.5, 0.6) is 11.5 Å². The van der Waals surface area contributed by atoms with E-state index < -0.39 is 17.7 Å². The zero-order valence-corrected chi connectivity index (χ0v) is 21.8. The molecule has 1 aliphatic rings. The molecule has 1 N–H and O–H groups in total. The van der Waals surface area contributed by atoms with Crippen molar-refractivity contribution < 1.29 is 24.2 Å². The maximum absolute atomic E-state index is 13.4. The molecule has 0 spiro atoms. The molecule has 1 heterocycles. The monoisotopic (exact) mass is 500 g/mol. The van der Waals surface area contributed by atoms with Crippen molar-refractivity contribution in [2.45, 2.75) is 32.9 Å². The fourth-order valence-electron chi connectivity index (χ4n) is 4.38. The Labute approximate surface area is 217 Å². The van der Waals surface area contributed by atoms with Gasteiger partial charge in [-0.2, -0.15) is 0 Å². The second-order valence-electron chi connectivity index (χ2n) is 9.28. The number of hydrogen-bond donors (Lipinski definition) is 1. The van der Waals surface area contributed by atoms with E-state index in [0.29, 0.717) is 34.9 Å². The molecule has 0 aromatic heterocycles. The van der Waals surface area contributed by atoms with Crippen LogP contribution in [0.15, 0.2) is 78.4 Å². The number of hydrogen-bond acceptors (Lipinski definition) is 6. The van der Waals surface area contributed by atoms with Crippen LogP contribution in [0.3, 0.4) is 0 Å². The highest BCUT2D eigenvalue weighted by Gasteiger charge is 2.47. The standard InChI is InChI=1S/C30H32N2O5/c1-6-36-25-9-7-8-21(18-25)28(33)26-27(20-10-12-22(13-11-20)31(4)5)32(30(35)29(26)34)23-14-16-24(17-15-23)37-19(2)3/h7-19,27,33H,6H2,1-5H3/b28-26-. The van der Waals surface area contributed by atoms with Gasteiger partial charge in [0.15, 0.2) is 0 Å². The summed E-state index contributed by atoms with van der Waals surface area (Å²) in [6, 6.07) is 20.7. The minimum atomic E-state index is -0.816. The molecule has 1 amide bonds. The molecule has 1 aliphatic heterocycles. The number of aliphatic hydroxyl groups excluding tert-OH is 1. The Kier molecular flexibility index (Phi) is 7.53. The van der Waals surface area contributed by atoms with Crippen molar-refractivity contribution in [2.24, 2.45) is 0 Å².